The van der Waals surface area contributed by atoms with Crippen molar-refractivity contribution in [1.29, 1.82) is 0 Å². The van der Waals surface area contributed by atoms with E-state index in [1.807, 2.05) is 18.2 Å². The van der Waals surface area contributed by atoms with Gasteiger partial charge in [-0.05, 0) is 35.4 Å². The van der Waals surface area contributed by atoms with Gasteiger partial charge in [0, 0.05) is 12.5 Å². The first-order chi connectivity index (χ1) is 10.2. The third-order valence-corrected chi connectivity index (χ3v) is 3.97. The predicted octanol–water partition coefficient (Wildman–Crippen LogP) is 3.47. The van der Waals surface area contributed by atoms with E-state index >= 15 is 0 Å². The molecule has 1 atom stereocenters. The van der Waals surface area contributed by atoms with Crippen LogP contribution in [0, 0.1) is 5.82 Å². The average Bonchev–Trinajstić information content (AvgIpc) is 2.94. The topological polar surface area (TPSA) is 35.5 Å². The van der Waals surface area contributed by atoms with Crippen LogP contribution in [0.4, 0.5) is 4.39 Å². The summed E-state index contributed by atoms with van der Waals surface area (Å²) >= 11 is 0. The van der Waals surface area contributed by atoms with Gasteiger partial charge in [0.05, 0.1) is 18.6 Å². The second-order valence-corrected chi connectivity index (χ2v) is 5.34. The van der Waals surface area contributed by atoms with Crippen LogP contribution >= 0.6 is 0 Å². The molecule has 4 rings (SSSR count). The highest BCUT2D eigenvalue weighted by molar-refractivity contribution is 6.00. The molecule has 106 valence electrons. The first kappa shape index (κ1) is 12.4. The molecule has 0 aliphatic carbocycles. The van der Waals surface area contributed by atoms with Crippen LogP contribution in [0.15, 0.2) is 36.4 Å². The highest BCUT2D eigenvalue weighted by Crippen LogP contribution is 2.37. The largest absolute Gasteiger partial charge is 0.493 e. The number of hydrogen-bond donors (Lipinski definition) is 0. The Bertz CT molecular complexity index is 739. The van der Waals surface area contributed by atoms with Crippen LogP contribution in [0.25, 0.3) is 0 Å². The number of Topliss-reactive ketones (excluding diaryl/α,β-unsaturated/α-hetero) is 1. The Hall–Kier alpha value is -2.36. The van der Waals surface area contributed by atoms with E-state index in [4.69, 9.17) is 9.47 Å². The normalized spacial score (nSPS) is 19.5. The highest BCUT2D eigenvalue weighted by atomic mass is 19.1. The zero-order chi connectivity index (χ0) is 14.4. The number of halogens is 1. The molecule has 2 aliphatic heterocycles. The summed E-state index contributed by atoms with van der Waals surface area (Å²) in [5.41, 5.74) is 2.52. The van der Waals surface area contributed by atoms with E-state index in [9.17, 15) is 9.18 Å². The molecule has 1 unspecified atom stereocenters. The number of carbonyl (C=O) groups excluding carboxylic acids is 1. The fraction of sp³-hybridized carbons (Fsp3) is 0.235. The van der Waals surface area contributed by atoms with E-state index < -0.39 is 5.82 Å². The molecule has 0 aromatic heterocycles. The smallest absolute Gasteiger partial charge is 0.170 e. The van der Waals surface area contributed by atoms with Gasteiger partial charge in [0.1, 0.15) is 23.4 Å². The van der Waals surface area contributed by atoms with Gasteiger partial charge in [-0.25, -0.2) is 4.39 Å². The quantitative estimate of drug-likeness (QED) is 0.804. The molecule has 2 heterocycles. The lowest BCUT2D eigenvalue weighted by Gasteiger charge is -2.25. The maximum atomic E-state index is 13.3. The van der Waals surface area contributed by atoms with Crippen molar-refractivity contribution < 1.29 is 18.7 Å². The van der Waals surface area contributed by atoms with Crippen molar-refractivity contribution >= 4 is 5.78 Å². The lowest BCUT2D eigenvalue weighted by Crippen LogP contribution is -2.20. The number of hydrogen-bond acceptors (Lipinski definition) is 3. The van der Waals surface area contributed by atoms with E-state index in [1.165, 1.54) is 18.2 Å². The predicted molar refractivity (Wildman–Crippen MR) is 74.4 cm³/mol. The van der Waals surface area contributed by atoms with E-state index in [0.29, 0.717) is 17.9 Å². The summed E-state index contributed by atoms with van der Waals surface area (Å²) in [5, 5.41) is 0. The second-order valence-electron chi connectivity index (χ2n) is 5.34. The standard InChI is InChI=1S/C17H13FO3/c18-12-2-3-13-14(19)9-16(21-17(13)8-12)10-1-4-15-11(7-10)5-6-20-15/h1-4,7-8,16H,5-6,9H2. The van der Waals surface area contributed by atoms with Crippen molar-refractivity contribution in [2.45, 2.75) is 18.9 Å². The SMILES string of the molecule is O=C1CC(c2ccc3c(c2)CCO3)Oc2cc(F)ccc21. The molecular formula is C17H13FO3. The van der Waals surface area contributed by atoms with Gasteiger partial charge in [0.2, 0.25) is 0 Å². The van der Waals surface area contributed by atoms with Gasteiger partial charge in [-0.1, -0.05) is 6.07 Å². The number of ketones is 1. The molecule has 3 nitrogen and oxygen atoms in total. The van der Waals surface area contributed by atoms with Gasteiger partial charge >= 0.3 is 0 Å². The van der Waals surface area contributed by atoms with Crippen LogP contribution < -0.4 is 9.47 Å². The van der Waals surface area contributed by atoms with Crippen LogP contribution in [-0.4, -0.2) is 12.4 Å². The Morgan fingerprint density at radius 1 is 1.10 bits per heavy atom. The first-order valence-electron chi connectivity index (χ1n) is 6.96. The van der Waals surface area contributed by atoms with Gasteiger partial charge in [-0.15, -0.1) is 0 Å². The molecule has 0 saturated carbocycles. The molecular weight excluding hydrogens is 271 g/mol. The lowest BCUT2D eigenvalue weighted by molar-refractivity contribution is 0.0849. The highest BCUT2D eigenvalue weighted by Gasteiger charge is 2.28. The Morgan fingerprint density at radius 3 is 2.90 bits per heavy atom. The summed E-state index contributed by atoms with van der Waals surface area (Å²) in [7, 11) is 0. The van der Waals surface area contributed by atoms with E-state index in [1.54, 1.807) is 0 Å². The van der Waals surface area contributed by atoms with Crippen molar-refractivity contribution in [3.8, 4) is 11.5 Å². The van der Waals surface area contributed by atoms with E-state index in [-0.39, 0.29) is 18.3 Å². The van der Waals surface area contributed by atoms with Crippen molar-refractivity contribution in [3.63, 3.8) is 0 Å². The maximum Gasteiger partial charge on any atom is 0.170 e. The van der Waals surface area contributed by atoms with Gasteiger partial charge < -0.3 is 9.47 Å². The molecule has 0 spiro atoms. The Morgan fingerprint density at radius 2 is 2.00 bits per heavy atom. The van der Waals surface area contributed by atoms with Gasteiger partial charge in [-0.2, -0.15) is 0 Å². The minimum atomic E-state index is -0.399. The summed E-state index contributed by atoms with van der Waals surface area (Å²) in [6.45, 7) is 0.692. The van der Waals surface area contributed by atoms with Crippen molar-refractivity contribution in [3.05, 3.63) is 58.9 Å². The molecule has 21 heavy (non-hydrogen) atoms. The summed E-state index contributed by atoms with van der Waals surface area (Å²) in [6, 6.07) is 9.88. The Labute approximate surface area is 121 Å². The molecule has 0 bridgehead atoms. The molecule has 0 fully saturated rings. The molecule has 0 radical (unpaired) electrons. The molecule has 0 saturated heterocycles. The second kappa shape index (κ2) is 4.58. The van der Waals surface area contributed by atoms with Crippen molar-refractivity contribution in [1.82, 2.24) is 0 Å². The van der Waals surface area contributed by atoms with Crippen LogP contribution in [0.2, 0.25) is 0 Å². The van der Waals surface area contributed by atoms with Crippen LogP contribution in [-0.2, 0) is 6.42 Å². The average molecular weight is 284 g/mol. The maximum absolute atomic E-state index is 13.3. The van der Waals surface area contributed by atoms with Gasteiger partial charge in [-0.3, -0.25) is 4.79 Å². The van der Waals surface area contributed by atoms with Crippen LogP contribution in [0.1, 0.15) is 34.0 Å². The number of benzene rings is 2. The summed E-state index contributed by atoms with van der Waals surface area (Å²) < 4.78 is 24.6. The molecule has 0 N–H and O–H groups in total. The number of carbonyl (C=O) groups is 1. The summed E-state index contributed by atoms with van der Waals surface area (Å²) in [5.74, 6) is 0.808. The fourth-order valence-electron chi connectivity index (χ4n) is 2.89. The molecule has 0 amide bonds. The molecule has 2 aromatic carbocycles. The molecule has 4 heteroatoms. The third kappa shape index (κ3) is 2.07. The van der Waals surface area contributed by atoms with Gasteiger partial charge in [0.15, 0.2) is 5.78 Å². The minimum absolute atomic E-state index is 0.0157. The Kier molecular flexibility index (Phi) is 2.70. The third-order valence-electron chi connectivity index (χ3n) is 3.97. The van der Waals surface area contributed by atoms with Crippen molar-refractivity contribution in [2.24, 2.45) is 0 Å². The van der Waals surface area contributed by atoms with Crippen molar-refractivity contribution in [2.75, 3.05) is 6.61 Å². The molecule has 2 aromatic rings. The number of rotatable bonds is 1. The Balaban J connectivity index is 1.70. The fourth-order valence-corrected chi connectivity index (χ4v) is 2.89. The summed E-state index contributed by atoms with van der Waals surface area (Å²) in [6.07, 6.45) is 0.783. The van der Waals surface area contributed by atoms with Crippen LogP contribution in [0.5, 0.6) is 11.5 Å². The number of fused-ring (bicyclic) bond motifs is 2. The van der Waals surface area contributed by atoms with Crippen LogP contribution in [0.3, 0.4) is 0 Å². The zero-order valence-corrected chi connectivity index (χ0v) is 11.3. The first-order valence-corrected chi connectivity index (χ1v) is 6.96. The van der Waals surface area contributed by atoms with E-state index in [0.717, 1.165) is 23.3 Å². The van der Waals surface area contributed by atoms with Gasteiger partial charge in [0.25, 0.3) is 0 Å². The number of ether oxygens (including phenoxy) is 2. The molecule has 2 aliphatic rings. The minimum Gasteiger partial charge on any atom is -0.493 e. The lowest BCUT2D eigenvalue weighted by atomic mass is 9.95. The monoisotopic (exact) mass is 284 g/mol. The van der Waals surface area contributed by atoms with E-state index in [2.05, 4.69) is 0 Å². The summed E-state index contributed by atoms with van der Waals surface area (Å²) in [4.78, 5) is 12.2. The zero-order valence-electron chi connectivity index (χ0n) is 11.3.